The van der Waals surface area contributed by atoms with Gasteiger partial charge in [0.1, 0.15) is 0 Å². The number of quaternary nitrogens is 1. The van der Waals surface area contributed by atoms with Gasteiger partial charge in [-0.15, -0.1) is 11.6 Å². The van der Waals surface area contributed by atoms with Crippen LogP contribution in [-0.2, 0) is 0 Å². The quantitative estimate of drug-likeness (QED) is 0.278. The molecule has 0 heterocycles. The van der Waals surface area contributed by atoms with Gasteiger partial charge in [-0.3, -0.25) is 0 Å². The Hall–Kier alpha value is 0.540. The van der Waals surface area contributed by atoms with Crippen LogP contribution >= 0.6 is 11.6 Å². The van der Waals surface area contributed by atoms with Gasteiger partial charge in [0, 0.05) is 5.88 Å². The van der Waals surface area contributed by atoms with Crippen molar-refractivity contribution in [1.82, 2.24) is 0 Å². The number of rotatable bonds is 13. The van der Waals surface area contributed by atoms with Gasteiger partial charge in [-0.25, -0.2) is 0 Å². The van der Waals surface area contributed by atoms with Crippen molar-refractivity contribution in [1.29, 1.82) is 0 Å². The van der Waals surface area contributed by atoms with Crippen molar-refractivity contribution in [3.8, 4) is 0 Å². The van der Waals surface area contributed by atoms with Crippen LogP contribution in [0.5, 0.6) is 0 Å². The summed E-state index contributed by atoms with van der Waals surface area (Å²) in [5.41, 5.74) is 0. The van der Waals surface area contributed by atoms with Gasteiger partial charge in [-0.05, 0) is 32.1 Å². The molecule has 1 nitrogen and oxygen atoms in total. The summed E-state index contributed by atoms with van der Waals surface area (Å²) in [6.45, 7) is 12.5. The summed E-state index contributed by atoms with van der Waals surface area (Å²) in [5.74, 6) is 0.829. The standard InChI is InChI=1S/C16H35ClN.ClH/c1-4-7-13-18(14-8-5-2,15-9-6-3)16-11-10-12-17;/h4-16H2,1-3H3;1H/q+1;/p-1. The normalized spacial score (nSPS) is 11.4. The molecule has 0 atom stereocenters. The molecule has 0 radical (unpaired) electrons. The average molecular weight is 312 g/mol. The second-order valence-electron chi connectivity index (χ2n) is 5.69. The zero-order valence-corrected chi connectivity index (χ0v) is 14.9. The Kier molecular flexibility index (Phi) is 17.2. The Morgan fingerprint density at radius 1 is 0.632 bits per heavy atom. The Labute approximate surface area is 133 Å². The zero-order chi connectivity index (χ0) is 13.7. The first-order valence-corrected chi connectivity index (χ1v) is 8.69. The predicted octanol–water partition coefficient (Wildman–Crippen LogP) is 2.23. The molecule has 0 saturated carbocycles. The third kappa shape index (κ3) is 10.9. The summed E-state index contributed by atoms with van der Waals surface area (Å²) in [6.07, 6.45) is 10.6. The van der Waals surface area contributed by atoms with Crippen LogP contribution in [0.4, 0.5) is 0 Å². The molecule has 0 aromatic carbocycles. The third-order valence-electron chi connectivity index (χ3n) is 3.97. The lowest BCUT2D eigenvalue weighted by molar-refractivity contribution is -0.929. The summed E-state index contributed by atoms with van der Waals surface area (Å²) in [5, 5.41) is 0. The van der Waals surface area contributed by atoms with Gasteiger partial charge in [0.2, 0.25) is 0 Å². The summed E-state index contributed by atoms with van der Waals surface area (Å²) in [7, 11) is 0. The van der Waals surface area contributed by atoms with E-state index < -0.39 is 0 Å². The Balaban J connectivity index is 0. The molecule has 0 aliphatic carbocycles. The van der Waals surface area contributed by atoms with E-state index >= 15 is 0 Å². The SMILES string of the molecule is CCCC[N+](CCCC)(CCCC)CCCCCl.[Cl-]. The molecule has 118 valence electrons. The van der Waals surface area contributed by atoms with Crippen molar-refractivity contribution in [2.24, 2.45) is 0 Å². The van der Waals surface area contributed by atoms with Crippen LogP contribution in [-0.4, -0.2) is 36.5 Å². The van der Waals surface area contributed by atoms with Gasteiger partial charge in [-0.1, -0.05) is 40.0 Å². The fraction of sp³-hybridized carbons (Fsp3) is 1.00. The van der Waals surface area contributed by atoms with Gasteiger partial charge in [0.15, 0.2) is 0 Å². The van der Waals surface area contributed by atoms with Crippen molar-refractivity contribution in [2.45, 2.75) is 72.1 Å². The number of alkyl halides is 1. The van der Waals surface area contributed by atoms with E-state index in [2.05, 4.69) is 20.8 Å². The molecule has 0 aromatic rings. The molecular formula is C16H35Cl2N. The number of nitrogens with zero attached hydrogens (tertiary/aromatic N) is 1. The number of halogens is 2. The van der Waals surface area contributed by atoms with E-state index in [1.807, 2.05) is 0 Å². The largest absolute Gasteiger partial charge is 1.00 e. The molecule has 0 N–H and O–H groups in total. The first kappa shape index (κ1) is 21.8. The highest BCUT2D eigenvalue weighted by Gasteiger charge is 2.24. The van der Waals surface area contributed by atoms with Crippen LogP contribution < -0.4 is 12.4 Å². The van der Waals surface area contributed by atoms with Gasteiger partial charge in [-0.2, -0.15) is 0 Å². The summed E-state index contributed by atoms with van der Waals surface area (Å²) < 4.78 is 1.37. The minimum atomic E-state index is 0. The van der Waals surface area contributed by atoms with Crippen LogP contribution in [0.25, 0.3) is 0 Å². The second kappa shape index (κ2) is 14.9. The van der Waals surface area contributed by atoms with E-state index in [0.717, 1.165) is 5.88 Å². The molecule has 0 amide bonds. The van der Waals surface area contributed by atoms with Gasteiger partial charge in [0.05, 0.1) is 26.2 Å². The van der Waals surface area contributed by atoms with Gasteiger partial charge in [0.25, 0.3) is 0 Å². The Morgan fingerprint density at radius 3 is 1.32 bits per heavy atom. The molecule has 0 saturated heterocycles. The van der Waals surface area contributed by atoms with E-state index in [-0.39, 0.29) is 12.4 Å². The highest BCUT2D eigenvalue weighted by Crippen LogP contribution is 2.16. The van der Waals surface area contributed by atoms with E-state index in [1.54, 1.807) is 0 Å². The number of hydrogen-bond acceptors (Lipinski definition) is 0. The van der Waals surface area contributed by atoms with Crippen LogP contribution in [0.3, 0.4) is 0 Å². The molecule has 3 heteroatoms. The molecular weight excluding hydrogens is 277 g/mol. The molecule has 0 bridgehead atoms. The number of hydrogen-bond donors (Lipinski definition) is 0. The van der Waals surface area contributed by atoms with Crippen molar-refractivity contribution in [3.05, 3.63) is 0 Å². The van der Waals surface area contributed by atoms with Gasteiger partial charge >= 0.3 is 0 Å². The number of unbranched alkanes of at least 4 members (excludes halogenated alkanes) is 4. The summed E-state index contributed by atoms with van der Waals surface area (Å²) in [4.78, 5) is 0. The maximum atomic E-state index is 5.84. The Morgan fingerprint density at radius 2 is 1.00 bits per heavy atom. The van der Waals surface area contributed by atoms with Crippen LogP contribution in [0.1, 0.15) is 72.1 Å². The minimum absolute atomic E-state index is 0. The molecule has 0 aliphatic rings. The molecule has 0 fully saturated rings. The van der Waals surface area contributed by atoms with E-state index in [4.69, 9.17) is 11.6 Å². The van der Waals surface area contributed by atoms with Crippen LogP contribution in [0, 0.1) is 0 Å². The fourth-order valence-corrected chi connectivity index (χ4v) is 2.88. The van der Waals surface area contributed by atoms with Crippen LogP contribution in [0.2, 0.25) is 0 Å². The third-order valence-corrected chi connectivity index (χ3v) is 4.24. The smallest absolute Gasteiger partial charge is 0.0787 e. The maximum Gasteiger partial charge on any atom is 0.0787 e. The van der Waals surface area contributed by atoms with E-state index in [1.165, 1.54) is 82.0 Å². The highest BCUT2D eigenvalue weighted by molar-refractivity contribution is 6.17. The fourth-order valence-electron chi connectivity index (χ4n) is 2.69. The second-order valence-corrected chi connectivity index (χ2v) is 6.07. The molecule has 0 rings (SSSR count). The highest BCUT2D eigenvalue weighted by atomic mass is 35.5. The monoisotopic (exact) mass is 311 g/mol. The van der Waals surface area contributed by atoms with Gasteiger partial charge < -0.3 is 16.9 Å². The van der Waals surface area contributed by atoms with Crippen molar-refractivity contribution in [3.63, 3.8) is 0 Å². The lowest BCUT2D eigenvalue weighted by Gasteiger charge is -2.39. The lowest BCUT2D eigenvalue weighted by atomic mass is 10.1. The minimum Gasteiger partial charge on any atom is -1.00 e. The first-order valence-electron chi connectivity index (χ1n) is 8.15. The van der Waals surface area contributed by atoms with E-state index in [9.17, 15) is 0 Å². The predicted molar refractivity (Wildman–Crippen MR) is 84.4 cm³/mol. The molecule has 0 aliphatic heterocycles. The Bertz CT molecular complexity index is 152. The maximum absolute atomic E-state index is 5.84. The summed E-state index contributed by atoms with van der Waals surface area (Å²) in [6, 6.07) is 0. The molecule has 19 heavy (non-hydrogen) atoms. The van der Waals surface area contributed by atoms with Crippen molar-refractivity contribution in [2.75, 3.05) is 32.1 Å². The molecule has 0 unspecified atom stereocenters. The molecule has 0 aromatic heterocycles. The lowest BCUT2D eigenvalue weighted by Crippen LogP contribution is -3.00. The topological polar surface area (TPSA) is 0 Å². The zero-order valence-electron chi connectivity index (χ0n) is 13.4. The van der Waals surface area contributed by atoms with Crippen LogP contribution in [0.15, 0.2) is 0 Å². The average Bonchev–Trinajstić information content (AvgIpc) is 2.40. The van der Waals surface area contributed by atoms with Crippen molar-refractivity contribution < 1.29 is 16.9 Å². The van der Waals surface area contributed by atoms with Crippen molar-refractivity contribution >= 4 is 11.6 Å². The van der Waals surface area contributed by atoms with E-state index in [0.29, 0.717) is 0 Å². The summed E-state index contributed by atoms with van der Waals surface area (Å²) >= 11 is 5.84. The molecule has 0 spiro atoms. The first-order chi connectivity index (χ1) is 8.74.